The minimum atomic E-state index is -0.874. The number of amides is 2. The van der Waals surface area contributed by atoms with E-state index in [1.165, 1.54) is 0 Å². The van der Waals surface area contributed by atoms with E-state index in [1.54, 1.807) is 32.1 Å². The molecule has 0 saturated carbocycles. The Morgan fingerprint density at radius 3 is 2.65 bits per heavy atom. The number of nitrogens with zero attached hydrogens (tertiary/aromatic N) is 1. The van der Waals surface area contributed by atoms with Crippen LogP contribution in [0.5, 0.6) is 0 Å². The van der Waals surface area contributed by atoms with Crippen molar-refractivity contribution in [2.24, 2.45) is 10.7 Å². The Bertz CT molecular complexity index is 595. The number of guanidine groups is 1. The van der Waals surface area contributed by atoms with Crippen molar-refractivity contribution >= 4 is 45.4 Å². The molecule has 0 bridgehead atoms. The first-order valence-electron chi connectivity index (χ1n) is 6.81. The van der Waals surface area contributed by atoms with Crippen molar-refractivity contribution in [3.05, 3.63) is 20.8 Å². The molecule has 0 aliphatic rings. The van der Waals surface area contributed by atoms with Gasteiger partial charge in [-0.05, 0) is 42.8 Å². The van der Waals surface area contributed by atoms with Gasteiger partial charge in [0.25, 0.3) is 0 Å². The lowest BCUT2D eigenvalue weighted by atomic mass is 10.1. The summed E-state index contributed by atoms with van der Waals surface area (Å²) in [4.78, 5) is 27.5. The fraction of sp³-hybridized carbons (Fsp3) is 0.500. The summed E-state index contributed by atoms with van der Waals surface area (Å²) in [6.45, 7) is 7.21. The van der Waals surface area contributed by atoms with Gasteiger partial charge in [0.05, 0.1) is 0 Å². The number of carbonyl (C=O) groups is 2. The van der Waals surface area contributed by atoms with E-state index in [9.17, 15) is 9.59 Å². The zero-order valence-corrected chi connectivity index (χ0v) is 15.8. The highest BCUT2D eigenvalue weighted by molar-refractivity contribution is 9.10. The first-order chi connectivity index (χ1) is 10.6. The van der Waals surface area contributed by atoms with Gasteiger partial charge in [-0.3, -0.25) is 5.32 Å². The van der Waals surface area contributed by atoms with Crippen molar-refractivity contribution in [2.75, 3.05) is 6.61 Å². The van der Waals surface area contributed by atoms with E-state index >= 15 is 0 Å². The number of rotatable bonds is 3. The average Bonchev–Trinajstić information content (AvgIpc) is 2.80. The molecule has 0 radical (unpaired) electrons. The maximum Gasteiger partial charge on any atom is 0.436 e. The van der Waals surface area contributed by atoms with Crippen LogP contribution < -0.4 is 11.1 Å². The summed E-state index contributed by atoms with van der Waals surface area (Å²) >= 11 is 4.93. The molecule has 1 heterocycles. The van der Waals surface area contributed by atoms with E-state index in [2.05, 4.69) is 26.2 Å². The summed E-state index contributed by atoms with van der Waals surface area (Å²) in [6, 6.07) is 1.96. The van der Waals surface area contributed by atoms with Crippen LogP contribution in [0, 0.1) is 0 Å². The predicted octanol–water partition coefficient (Wildman–Crippen LogP) is 3.59. The molecule has 1 aromatic rings. The number of halogens is 1. The molecule has 1 rings (SSSR count). The molecular weight excluding hydrogens is 386 g/mol. The van der Waals surface area contributed by atoms with Crippen LogP contribution in [0.25, 0.3) is 0 Å². The predicted molar refractivity (Wildman–Crippen MR) is 92.8 cm³/mol. The third-order valence-corrected chi connectivity index (χ3v) is 4.30. The molecule has 128 valence electrons. The highest BCUT2D eigenvalue weighted by Gasteiger charge is 2.17. The van der Waals surface area contributed by atoms with Crippen molar-refractivity contribution in [1.29, 1.82) is 0 Å². The zero-order valence-electron chi connectivity index (χ0n) is 13.4. The van der Waals surface area contributed by atoms with Crippen LogP contribution in [0.15, 0.2) is 20.9 Å². The topological polar surface area (TPSA) is 103 Å². The molecule has 7 nitrogen and oxygen atoms in total. The van der Waals surface area contributed by atoms with Crippen molar-refractivity contribution < 1.29 is 19.1 Å². The highest BCUT2D eigenvalue weighted by atomic mass is 79.9. The van der Waals surface area contributed by atoms with E-state index in [1.807, 2.05) is 18.4 Å². The van der Waals surface area contributed by atoms with Crippen LogP contribution in [0.2, 0.25) is 0 Å². The minimum Gasteiger partial charge on any atom is -0.447 e. The Hall–Kier alpha value is -1.61. The van der Waals surface area contributed by atoms with Crippen LogP contribution in [-0.4, -0.2) is 30.4 Å². The van der Waals surface area contributed by atoms with Gasteiger partial charge in [-0.2, -0.15) is 0 Å². The summed E-state index contributed by atoms with van der Waals surface area (Å²) in [5, 5.41) is 4.10. The van der Waals surface area contributed by atoms with E-state index in [0.29, 0.717) is 0 Å². The molecule has 0 spiro atoms. The Balaban J connectivity index is 2.43. The van der Waals surface area contributed by atoms with Gasteiger partial charge in [0.1, 0.15) is 12.2 Å². The fourth-order valence-electron chi connectivity index (χ4n) is 1.43. The van der Waals surface area contributed by atoms with Gasteiger partial charge < -0.3 is 15.2 Å². The first-order valence-corrected chi connectivity index (χ1v) is 8.49. The largest absolute Gasteiger partial charge is 0.447 e. The third-order valence-electron chi connectivity index (χ3n) is 2.37. The quantitative estimate of drug-likeness (QED) is 0.590. The van der Waals surface area contributed by atoms with Crippen molar-refractivity contribution in [3.8, 4) is 0 Å². The number of alkyl carbamates (subject to hydrolysis) is 1. The summed E-state index contributed by atoms with van der Waals surface area (Å²) in [5.74, 6) is -0.346. The number of aliphatic imine (C=N–C) groups is 1. The van der Waals surface area contributed by atoms with Gasteiger partial charge in [-0.25, -0.2) is 9.59 Å². The Morgan fingerprint density at radius 1 is 1.48 bits per heavy atom. The summed E-state index contributed by atoms with van der Waals surface area (Å²) in [7, 11) is 0. The van der Waals surface area contributed by atoms with Crippen LogP contribution >= 0.6 is 27.3 Å². The lowest BCUT2D eigenvalue weighted by molar-refractivity contribution is 0.0562. The molecule has 0 aliphatic carbocycles. The van der Waals surface area contributed by atoms with E-state index in [4.69, 9.17) is 15.2 Å². The Morgan fingerprint density at radius 2 is 2.13 bits per heavy atom. The molecule has 0 fully saturated rings. The SMILES string of the molecule is CC(COC(=O)N=C(N)NC(=O)OC(C)(C)C)c1cc(Br)cs1. The van der Waals surface area contributed by atoms with Gasteiger partial charge in [0, 0.05) is 20.6 Å². The third kappa shape index (κ3) is 7.98. The molecule has 0 aromatic carbocycles. The lowest BCUT2D eigenvalue weighted by Crippen LogP contribution is -2.41. The number of nitrogens with one attached hydrogen (secondary N) is 1. The van der Waals surface area contributed by atoms with E-state index < -0.39 is 17.8 Å². The molecule has 3 N–H and O–H groups in total. The maximum atomic E-state index is 11.6. The normalized spacial score (nSPS) is 13.3. The molecule has 0 aliphatic heterocycles. The Kier molecular flexibility index (Phi) is 7.01. The van der Waals surface area contributed by atoms with Gasteiger partial charge >= 0.3 is 12.2 Å². The monoisotopic (exact) mass is 405 g/mol. The van der Waals surface area contributed by atoms with Gasteiger partial charge in [0.15, 0.2) is 0 Å². The second-order valence-corrected chi connectivity index (χ2v) is 7.63. The summed E-state index contributed by atoms with van der Waals surface area (Å²) < 4.78 is 11.0. The van der Waals surface area contributed by atoms with Crippen LogP contribution in [0.4, 0.5) is 9.59 Å². The summed E-state index contributed by atoms with van der Waals surface area (Å²) in [6.07, 6.45) is -1.66. The summed E-state index contributed by atoms with van der Waals surface area (Å²) in [5.41, 5.74) is 4.78. The van der Waals surface area contributed by atoms with Crippen molar-refractivity contribution in [3.63, 3.8) is 0 Å². The molecular formula is C14H20BrN3O4S. The fourth-order valence-corrected chi connectivity index (χ4v) is 2.92. The van der Waals surface area contributed by atoms with E-state index in [0.717, 1.165) is 9.35 Å². The van der Waals surface area contributed by atoms with E-state index in [-0.39, 0.29) is 18.5 Å². The van der Waals surface area contributed by atoms with Crippen LogP contribution in [0.3, 0.4) is 0 Å². The van der Waals surface area contributed by atoms with Gasteiger partial charge in [-0.1, -0.05) is 6.92 Å². The van der Waals surface area contributed by atoms with Crippen LogP contribution in [0.1, 0.15) is 38.5 Å². The van der Waals surface area contributed by atoms with Crippen molar-refractivity contribution in [2.45, 2.75) is 39.2 Å². The molecule has 1 atom stereocenters. The van der Waals surface area contributed by atoms with Crippen LogP contribution in [-0.2, 0) is 9.47 Å². The number of ether oxygens (including phenoxy) is 2. The molecule has 2 amide bonds. The highest BCUT2D eigenvalue weighted by Crippen LogP contribution is 2.26. The van der Waals surface area contributed by atoms with Gasteiger partial charge in [-0.15, -0.1) is 16.3 Å². The smallest absolute Gasteiger partial charge is 0.436 e. The molecule has 23 heavy (non-hydrogen) atoms. The molecule has 1 unspecified atom stereocenters. The number of thiophene rings is 1. The molecule has 0 saturated heterocycles. The second-order valence-electron chi connectivity index (χ2n) is 5.77. The first kappa shape index (κ1) is 19.4. The van der Waals surface area contributed by atoms with Crippen molar-refractivity contribution in [1.82, 2.24) is 5.32 Å². The number of nitrogens with two attached hydrogens (primary N) is 1. The standard InChI is InChI=1S/C14H20BrN3O4S/c1-8(10-5-9(15)7-23-10)6-21-12(19)17-11(16)18-13(20)22-14(2,3)4/h5,7-8H,6H2,1-4H3,(H3,16,17,18,19,20). The Labute approximate surface area is 147 Å². The second kappa shape index (κ2) is 8.30. The average molecular weight is 406 g/mol. The van der Waals surface area contributed by atoms with Gasteiger partial charge in [0.2, 0.25) is 5.96 Å². The zero-order chi connectivity index (χ0) is 17.6. The maximum absolute atomic E-state index is 11.6. The number of hydrogen-bond acceptors (Lipinski definition) is 5. The molecule has 1 aromatic heterocycles. The lowest BCUT2D eigenvalue weighted by Gasteiger charge is -2.19. The number of hydrogen-bond donors (Lipinski definition) is 2. The minimum absolute atomic E-state index is 0.0329. The number of carbonyl (C=O) groups excluding carboxylic acids is 2. The molecule has 9 heteroatoms.